The van der Waals surface area contributed by atoms with Crippen molar-refractivity contribution in [3.05, 3.63) is 12.2 Å². The van der Waals surface area contributed by atoms with Crippen LogP contribution in [0.15, 0.2) is 12.2 Å². The van der Waals surface area contributed by atoms with Gasteiger partial charge in [-0.25, -0.2) is 0 Å². The highest BCUT2D eigenvalue weighted by Gasteiger charge is 2.53. The van der Waals surface area contributed by atoms with Gasteiger partial charge in [-0.15, -0.1) is 0 Å². The van der Waals surface area contributed by atoms with E-state index in [-0.39, 0.29) is 18.9 Å². The quantitative estimate of drug-likeness (QED) is 0.0200. The smallest absolute Gasteiger partial charge is 0.220 e. The van der Waals surface area contributed by atoms with Crippen molar-refractivity contribution in [1.29, 1.82) is 0 Å². The largest absolute Gasteiger partial charge is 0.394 e. The molecule has 86 heavy (non-hydrogen) atoms. The summed E-state index contributed by atoms with van der Waals surface area (Å²) in [5.74, 6) is -0.269. The Bertz CT molecular complexity index is 1620. The Kier molecular flexibility index (Phi) is 45.9. The molecular formula is C67H127NO18. The summed E-state index contributed by atoms with van der Waals surface area (Å²) in [6.07, 6.45) is 27.5. The van der Waals surface area contributed by atoms with Crippen molar-refractivity contribution in [2.24, 2.45) is 0 Å². The van der Waals surface area contributed by atoms with Crippen LogP contribution < -0.4 is 5.32 Å². The van der Waals surface area contributed by atoms with E-state index in [4.69, 9.17) is 28.4 Å². The van der Waals surface area contributed by atoms with Gasteiger partial charge < -0.3 is 89.9 Å². The van der Waals surface area contributed by atoms with Crippen LogP contribution in [0, 0.1) is 0 Å². The van der Waals surface area contributed by atoms with Crippen molar-refractivity contribution in [3.63, 3.8) is 0 Å². The molecule has 3 rings (SSSR count). The van der Waals surface area contributed by atoms with E-state index in [0.717, 1.165) is 44.9 Å². The van der Waals surface area contributed by atoms with Crippen molar-refractivity contribution >= 4 is 5.91 Å². The SMILES string of the molecule is CCCCCCCCCCCCCCCCCCCC/C=C/C(O)C(COC1OC(CO)C(OC2OC(CO)C(OC3OC(CO)C(O)C(O)C3O)C(O)C2O)C(O)C1O)NC(=O)CCCCCCCCCCCCCCCCCCCCCCC. The summed E-state index contributed by atoms with van der Waals surface area (Å²) in [5, 5.41) is 121. The lowest BCUT2D eigenvalue weighted by molar-refractivity contribution is -0.379. The zero-order valence-corrected chi connectivity index (χ0v) is 53.6. The molecule has 17 unspecified atom stereocenters. The van der Waals surface area contributed by atoms with Crippen molar-refractivity contribution in [3.8, 4) is 0 Å². The Morgan fingerprint density at radius 3 is 1.09 bits per heavy atom. The molecule has 3 aliphatic heterocycles. The molecule has 3 fully saturated rings. The second-order valence-corrected chi connectivity index (χ2v) is 25.4. The number of nitrogens with one attached hydrogen (secondary N) is 1. The average Bonchev–Trinajstić information content (AvgIpc) is 2.22. The first-order valence-corrected chi connectivity index (χ1v) is 34.9. The molecule has 0 aromatic heterocycles. The van der Waals surface area contributed by atoms with Crippen LogP contribution in [0.2, 0.25) is 0 Å². The number of unbranched alkanes of at least 4 members (excludes halogenated alkanes) is 38. The molecule has 0 aliphatic carbocycles. The molecule has 0 bridgehead atoms. The number of amides is 1. The van der Waals surface area contributed by atoms with E-state index in [1.54, 1.807) is 6.08 Å². The van der Waals surface area contributed by atoms with Crippen LogP contribution in [0.1, 0.15) is 277 Å². The average molecular weight is 1230 g/mol. The molecular weight excluding hydrogens is 1110 g/mol. The zero-order valence-electron chi connectivity index (χ0n) is 53.6. The second-order valence-electron chi connectivity index (χ2n) is 25.4. The molecule has 0 aromatic carbocycles. The van der Waals surface area contributed by atoms with Gasteiger partial charge in [0, 0.05) is 6.42 Å². The van der Waals surface area contributed by atoms with Crippen LogP contribution >= 0.6 is 0 Å². The number of rotatable bonds is 54. The number of carbonyl (C=O) groups excluding carboxylic acids is 1. The molecule has 0 aromatic rings. The fraction of sp³-hybridized carbons (Fsp3) is 0.955. The van der Waals surface area contributed by atoms with E-state index >= 15 is 0 Å². The standard InChI is InChI=1S/C67H127NO18/c1-3-5-7-9-11-13-15-17-19-21-23-25-27-29-31-33-35-37-39-41-43-45-55(73)68-50(51(72)44-42-40-38-36-34-32-30-28-26-24-22-20-18-16-14-12-10-8-6-4-2)49-81-65-61(79)58(76)63(53(47-70)83-65)86-67-62(80)59(77)64(54(48-71)84-67)85-66-60(78)57(75)56(74)52(46-69)82-66/h42,44,50-54,56-67,69-72,74-80H,3-41,43,45-49H2,1-2H3,(H,68,73)/b44-42+. The predicted molar refractivity (Wildman–Crippen MR) is 333 cm³/mol. The molecule has 508 valence electrons. The third-order valence-corrected chi connectivity index (χ3v) is 17.8. The van der Waals surface area contributed by atoms with Crippen molar-refractivity contribution in [1.82, 2.24) is 5.32 Å². The number of allylic oxidation sites excluding steroid dienone is 1. The summed E-state index contributed by atoms with van der Waals surface area (Å²) in [6.45, 7) is 1.78. The number of hydrogen-bond donors (Lipinski definition) is 12. The molecule has 0 saturated carbocycles. The fourth-order valence-corrected chi connectivity index (χ4v) is 12.1. The number of ether oxygens (including phenoxy) is 6. The van der Waals surface area contributed by atoms with Gasteiger partial charge in [-0.05, 0) is 19.3 Å². The van der Waals surface area contributed by atoms with Gasteiger partial charge in [-0.3, -0.25) is 4.79 Å². The summed E-state index contributed by atoms with van der Waals surface area (Å²) in [7, 11) is 0. The van der Waals surface area contributed by atoms with Gasteiger partial charge in [-0.2, -0.15) is 0 Å². The van der Waals surface area contributed by atoms with Crippen LogP contribution in [0.3, 0.4) is 0 Å². The Morgan fingerprint density at radius 1 is 0.407 bits per heavy atom. The maximum atomic E-state index is 13.4. The van der Waals surface area contributed by atoms with Gasteiger partial charge in [0.25, 0.3) is 0 Å². The summed E-state index contributed by atoms with van der Waals surface area (Å²) in [4.78, 5) is 13.4. The molecule has 3 aliphatic rings. The highest BCUT2D eigenvalue weighted by Crippen LogP contribution is 2.33. The predicted octanol–water partition coefficient (Wildman–Crippen LogP) is 8.89. The normalized spacial score (nSPS) is 28.8. The molecule has 0 spiro atoms. The third kappa shape index (κ3) is 32.2. The monoisotopic (exact) mass is 1230 g/mol. The number of aliphatic hydroxyl groups is 11. The van der Waals surface area contributed by atoms with Gasteiger partial charge in [0.2, 0.25) is 5.91 Å². The summed E-state index contributed by atoms with van der Waals surface area (Å²) in [5.41, 5.74) is 0. The van der Waals surface area contributed by atoms with E-state index in [2.05, 4.69) is 19.2 Å². The van der Waals surface area contributed by atoms with Crippen LogP contribution in [0.4, 0.5) is 0 Å². The molecule has 3 saturated heterocycles. The summed E-state index contributed by atoms with van der Waals surface area (Å²) in [6, 6.07) is -0.968. The first kappa shape index (κ1) is 78.8. The van der Waals surface area contributed by atoms with Crippen LogP contribution in [0.5, 0.6) is 0 Å². The van der Waals surface area contributed by atoms with Crippen LogP contribution in [-0.2, 0) is 33.2 Å². The molecule has 1 amide bonds. The van der Waals surface area contributed by atoms with Gasteiger partial charge >= 0.3 is 0 Å². The molecule has 12 N–H and O–H groups in total. The maximum absolute atomic E-state index is 13.4. The van der Waals surface area contributed by atoms with Gasteiger partial charge in [0.05, 0.1) is 38.6 Å². The highest BCUT2D eigenvalue weighted by atomic mass is 16.8. The van der Waals surface area contributed by atoms with Crippen LogP contribution in [0.25, 0.3) is 0 Å². The summed E-state index contributed by atoms with van der Waals surface area (Å²) < 4.78 is 34.4. The topological polar surface area (TPSA) is 307 Å². The molecule has 0 radical (unpaired) electrons. The maximum Gasteiger partial charge on any atom is 0.220 e. The molecule has 3 heterocycles. The second kappa shape index (κ2) is 50.1. The fourth-order valence-electron chi connectivity index (χ4n) is 12.1. The lowest BCUT2D eigenvalue weighted by atomic mass is 9.96. The highest BCUT2D eigenvalue weighted by molar-refractivity contribution is 5.76. The molecule has 19 heteroatoms. The lowest BCUT2D eigenvalue weighted by Gasteiger charge is -2.48. The number of aliphatic hydroxyl groups excluding tert-OH is 11. The van der Waals surface area contributed by atoms with Crippen molar-refractivity contribution in [2.45, 2.75) is 381 Å². The van der Waals surface area contributed by atoms with Gasteiger partial charge in [-0.1, -0.05) is 264 Å². The van der Waals surface area contributed by atoms with E-state index < -0.39 is 124 Å². The Labute approximate surface area is 518 Å². The minimum absolute atomic E-state index is 0.250. The van der Waals surface area contributed by atoms with E-state index in [1.165, 1.54) is 205 Å². The molecule has 19 nitrogen and oxygen atoms in total. The van der Waals surface area contributed by atoms with Crippen molar-refractivity contribution < 1.29 is 89.4 Å². The third-order valence-electron chi connectivity index (χ3n) is 17.8. The Balaban J connectivity index is 1.45. The lowest BCUT2D eigenvalue weighted by Crippen LogP contribution is -2.66. The Morgan fingerprint density at radius 2 is 0.721 bits per heavy atom. The first-order chi connectivity index (χ1) is 41.8. The Hall–Kier alpha value is -1.47. The number of hydrogen-bond acceptors (Lipinski definition) is 18. The zero-order chi connectivity index (χ0) is 62.6. The minimum Gasteiger partial charge on any atom is -0.394 e. The summed E-state index contributed by atoms with van der Waals surface area (Å²) >= 11 is 0. The van der Waals surface area contributed by atoms with Crippen LogP contribution in [-0.4, -0.2) is 193 Å². The van der Waals surface area contributed by atoms with E-state index in [9.17, 15) is 61.0 Å². The minimum atomic E-state index is -1.98. The van der Waals surface area contributed by atoms with Crippen molar-refractivity contribution in [2.75, 3.05) is 26.4 Å². The van der Waals surface area contributed by atoms with E-state index in [1.807, 2.05) is 6.08 Å². The molecule has 17 atom stereocenters. The number of carbonyl (C=O) groups is 1. The van der Waals surface area contributed by atoms with E-state index in [0.29, 0.717) is 6.42 Å². The van der Waals surface area contributed by atoms with Gasteiger partial charge in [0.1, 0.15) is 73.2 Å². The van der Waals surface area contributed by atoms with Gasteiger partial charge in [0.15, 0.2) is 18.9 Å². The first-order valence-electron chi connectivity index (χ1n) is 34.9.